The van der Waals surface area contributed by atoms with E-state index < -0.39 is 17.6 Å². The molecule has 2 aromatic carbocycles. The van der Waals surface area contributed by atoms with E-state index in [4.69, 9.17) is 0 Å². The molecule has 5 nitrogen and oxygen atoms in total. The predicted octanol–water partition coefficient (Wildman–Crippen LogP) is 4.29. The molecule has 0 fully saturated rings. The van der Waals surface area contributed by atoms with Crippen LogP contribution < -0.4 is 5.06 Å². The first-order valence-electron chi connectivity index (χ1n) is 8.74. The number of aromatic nitrogens is 2. The lowest BCUT2D eigenvalue weighted by Gasteiger charge is -2.20. The van der Waals surface area contributed by atoms with Gasteiger partial charge in [0.1, 0.15) is 5.82 Å². The minimum atomic E-state index is -0.459. The van der Waals surface area contributed by atoms with Gasteiger partial charge in [-0.15, -0.1) is 0 Å². The van der Waals surface area contributed by atoms with Crippen LogP contribution >= 0.6 is 0 Å². The second kappa shape index (κ2) is 6.89. The number of allylic oxidation sites excluding steroid dienone is 1. The molecule has 1 aliphatic rings. The molecule has 6 heteroatoms. The number of carbonyl (C=O) groups is 1. The maximum atomic E-state index is 13.7. The Bertz CT molecular complexity index is 1060. The Morgan fingerprint density at radius 2 is 1.96 bits per heavy atom. The number of rotatable bonds is 3. The van der Waals surface area contributed by atoms with Gasteiger partial charge in [-0.1, -0.05) is 18.2 Å². The molecule has 0 aliphatic heterocycles. The molecule has 136 valence electrons. The van der Waals surface area contributed by atoms with Gasteiger partial charge in [0.2, 0.25) is 0 Å². The first kappa shape index (κ1) is 17.3. The fourth-order valence-corrected chi connectivity index (χ4v) is 3.42. The van der Waals surface area contributed by atoms with E-state index in [0.717, 1.165) is 28.6 Å². The second-order valence-electron chi connectivity index (χ2n) is 6.63. The van der Waals surface area contributed by atoms with E-state index in [1.165, 1.54) is 25.1 Å². The molecule has 3 aromatic rings. The highest BCUT2D eigenvalue weighted by Gasteiger charge is 2.28. The van der Waals surface area contributed by atoms with E-state index >= 15 is 0 Å². The number of anilines is 1. The van der Waals surface area contributed by atoms with Crippen LogP contribution in [0.15, 0.2) is 54.9 Å². The number of hydrogen-bond donors (Lipinski definition) is 1. The van der Waals surface area contributed by atoms with Gasteiger partial charge in [-0.2, -0.15) is 5.06 Å². The number of fused-ring (bicyclic) bond motifs is 1. The third kappa shape index (κ3) is 3.19. The lowest BCUT2D eigenvalue weighted by molar-refractivity contribution is -0.126. The van der Waals surface area contributed by atoms with E-state index in [0.29, 0.717) is 11.5 Å². The van der Waals surface area contributed by atoms with Crippen molar-refractivity contribution < 1.29 is 14.4 Å². The van der Waals surface area contributed by atoms with Crippen molar-refractivity contribution in [2.45, 2.75) is 19.8 Å². The van der Waals surface area contributed by atoms with E-state index in [1.54, 1.807) is 12.4 Å². The summed E-state index contributed by atoms with van der Waals surface area (Å²) in [5, 5.41) is 10.9. The highest BCUT2D eigenvalue weighted by molar-refractivity contribution is 5.96. The Kier molecular flexibility index (Phi) is 4.41. The maximum absolute atomic E-state index is 13.7. The molecule has 0 saturated carbocycles. The molecule has 1 aromatic heterocycles. The monoisotopic (exact) mass is 363 g/mol. The number of nitrogens with zero attached hydrogens (tertiary/aromatic N) is 3. The number of benzene rings is 2. The van der Waals surface area contributed by atoms with E-state index in [2.05, 4.69) is 9.97 Å². The average molecular weight is 363 g/mol. The molecule has 0 bridgehead atoms. The fourth-order valence-electron chi connectivity index (χ4n) is 3.42. The standard InChI is InChI=1S/C21H18FN3O2/c1-13-17(22)3-2-4-20(13)25(27)21(26)16-6-5-14(11-16)15-7-8-18-19(12-15)24-10-9-23-18/h2-4,7-12,16,27H,5-6H2,1H3. The van der Waals surface area contributed by atoms with Crippen molar-refractivity contribution in [2.75, 3.05) is 5.06 Å². The number of hydroxylamine groups is 1. The summed E-state index contributed by atoms with van der Waals surface area (Å²) in [4.78, 5) is 21.3. The Morgan fingerprint density at radius 1 is 1.19 bits per heavy atom. The SMILES string of the molecule is Cc1c(F)cccc1N(O)C(=O)C1C=C(c2ccc3nccnc3c2)CC1. The molecule has 1 heterocycles. The summed E-state index contributed by atoms with van der Waals surface area (Å²) in [6.45, 7) is 1.53. The van der Waals surface area contributed by atoms with Crippen LogP contribution in [0.5, 0.6) is 0 Å². The van der Waals surface area contributed by atoms with Crippen LogP contribution in [0.4, 0.5) is 10.1 Å². The first-order valence-corrected chi connectivity index (χ1v) is 8.74. The lowest BCUT2D eigenvalue weighted by Crippen LogP contribution is -2.32. The summed E-state index contributed by atoms with van der Waals surface area (Å²) in [6, 6.07) is 10.1. The second-order valence-corrected chi connectivity index (χ2v) is 6.63. The van der Waals surface area contributed by atoms with Crippen LogP contribution in [0.25, 0.3) is 16.6 Å². The van der Waals surface area contributed by atoms with Crippen molar-refractivity contribution in [2.24, 2.45) is 5.92 Å². The summed E-state index contributed by atoms with van der Waals surface area (Å²) in [6.07, 6.45) is 6.48. The molecule has 1 amide bonds. The van der Waals surface area contributed by atoms with Crippen LogP contribution in [-0.4, -0.2) is 21.1 Å². The quantitative estimate of drug-likeness (QED) is 0.557. The lowest BCUT2D eigenvalue weighted by atomic mass is 10.0. The summed E-state index contributed by atoms with van der Waals surface area (Å²) in [7, 11) is 0. The molecule has 1 atom stereocenters. The summed E-state index contributed by atoms with van der Waals surface area (Å²) >= 11 is 0. The Hall–Kier alpha value is -3.12. The maximum Gasteiger partial charge on any atom is 0.257 e. The first-order chi connectivity index (χ1) is 13.0. The molecule has 0 radical (unpaired) electrons. The predicted molar refractivity (Wildman–Crippen MR) is 101 cm³/mol. The summed E-state index contributed by atoms with van der Waals surface area (Å²) < 4.78 is 13.7. The third-order valence-corrected chi connectivity index (χ3v) is 4.96. The van der Waals surface area contributed by atoms with Gasteiger partial charge in [-0.3, -0.25) is 20.0 Å². The van der Waals surface area contributed by atoms with Crippen LogP contribution in [0, 0.1) is 18.7 Å². The van der Waals surface area contributed by atoms with Crippen molar-refractivity contribution in [3.8, 4) is 0 Å². The van der Waals surface area contributed by atoms with E-state index in [9.17, 15) is 14.4 Å². The van der Waals surface area contributed by atoms with Gasteiger partial charge in [-0.25, -0.2) is 4.39 Å². The smallest absolute Gasteiger partial charge is 0.257 e. The van der Waals surface area contributed by atoms with Gasteiger partial charge in [0.15, 0.2) is 0 Å². The topological polar surface area (TPSA) is 66.3 Å². The van der Waals surface area contributed by atoms with Gasteiger partial charge < -0.3 is 0 Å². The number of amides is 1. The van der Waals surface area contributed by atoms with Crippen LogP contribution in [0.2, 0.25) is 0 Å². The molecule has 4 rings (SSSR count). The molecular formula is C21H18FN3O2. The average Bonchev–Trinajstić information content (AvgIpc) is 3.19. The fraction of sp³-hybridized carbons (Fsp3) is 0.190. The van der Waals surface area contributed by atoms with Crippen molar-refractivity contribution in [3.05, 3.63) is 71.8 Å². The zero-order valence-corrected chi connectivity index (χ0v) is 14.8. The molecule has 1 N–H and O–H groups in total. The number of hydrogen-bond acceptors (Lipinski definition) is 4. The highest BCUT2D eigenvalue weighted by Crippen LogP contribution is 2.34. The molecule has 1 aliphatic carbocycles. The number of halogens is 1. The van der Waals surface area contributed by atoms with Gasteiger partial charge in [-0.05, 0) is 55.2 Å². The minimum Gasteiger partial charge on any atom is -0.281 e. The Labute approximate surface area is 155 Å². The van der Waals surface area contributed by atoms with Crippen molar-refractivity contribution >= 4 is 28.2 Å². The van der Waals surface area contributed by atoms with Gasteiger partial charge in [0, 0.05) is 18.0 Å². The van der Waals surface area contributed by atoms with Gasteiger partial charge >= 0.3 is 0 Å². The zero-order chi connectivity index (χ0) is 19.0. The van der Waals surface area contributed by atoms with Crippen molar-refractivity contribution in [1.29, 1.82) is 0 Å². The summed E-state index contributed by atoms with van der Waals surface area (Å²) in [5.74, 6) is -1.37. The molecular weight excluding hydrogens is 345 g/mol. The molecule has 27 heavy (non-hydrogen) atoms. The normalized spacial score (nSPS) is 16.4. The van der Waals surface area contributed by atoms with Gasteiger partial charge in [0.25, 0.3) is 5.91 Å². The number of carbonyl (C=O) groups excluding carboxylic acids is 1. The van der Waals surface area contributed by atoms with Crippen LogP contribution in [0.3, 0.4) is 0 Å². The minimum absolute atomic E-state index is 0.169. The zero-order valence-electron chi connectivity index (χ0n) is 14.8. The molecule has 0 saturated heterocycles. The van der Waals surface area contributed by atoms with E-state index in [1.807, 2.05) is 24.3 Å². The molecule has 1 unspecified atom stereocenters. The summed E-state index contributed by atoms with van der Waals surface area (Å²) in [5.41, 5.74) is 4.04. The Balaban J connectivity index is 1.59. The van der Waals surface area contributed by atoms with E-state index in [-0.39, 0.29) is 11.3 Å². The largest absolute Gasteiger partial charge is 0.281 e. The van der Waals surface area contributed by atoms with Crippen molar-refractivity contribution in [3.63, 3.8) is 0 Å². The third-order valence-electron chi connectivity index (χ3n) is 4.96. The van der Waals surface area contributed by atoms with Crippen LogP contribution in [0.1, 0.15) is 24.0 Å². The van der Waals surface area contributed by atoms with Crippen LogP contribution in [-0.2, 0) is 4.79 Å². The Morgan fingerprint density at radius 3 is 2.78 bits per heavy atom. The molecule has 0 spiro atoms. The highest BCUT2D eigenvalue weighted by atomic mass is 19.1. The van der Waals surface area contributed by atoms with Gasteiger partial charge in [0.05, 0.1) is 22.6 Å². The van der Waals surface area contributed by atoms with Crippen molar-refractivity contribution in [1.82, 2.24) is 9.97 Å².